The van der Waals surface area contributed by atoms with Crippen LogP contribution in [0.2, 0.25) is 0 Å². The van der Waals surface area contributed by atoms with Gasteiger partial charge in [-0.05, 0) is 56.0 Å². The van der Waals surface area contributed by atoms with Gasteiger partial charge in [0.25, 0.3) is 0 Å². The number of benzene rings is 1. The molecule has 2 N–H and O–H groups in total. The van der Waals surface area contributed by atoms with Crippen molar-refractivity contribution in [2.75, 3.05) is 19.6 Å². The van der Waals surface area contributed by atoms with E-state index in [-0.39, 0.29) is 24.1 Å². The Kier molecular flexibility index (Phi) is 7.53. The average molecular weight is 383 g/mol. The highest BCUT2D eigenvalue weighted by molar-refractivity contribution is 5.85. The molecule has 26 heavy (non-hydrogen) atoms. The molecule has 1 aliphatic heterocycles. The van der Waals surface area contributed by atoms with Gasteiger partial charge in [-0.2, -0.15) is 4.98 Å². The van der Waals surface area contributed by atoms with E-state index in [0.717, 1.165) is 25.9 Å². The molecule has 142 valence electrons. The fourth-order valence-corrected chi connectivity index (χ4v) is 3.04. The van der Waals surface area contributed by atoms with Crippen LogP contribution in [0.3, 0.4) is 0 Å². The lowest BCUT2D eigenvalue weighted by Gasteiger charge is -2.31. The van der Waals surface area contributed by atoms with Crippen LogP contribution in [-0.4, -0.2) is 40.6 Å². The van der Waals surface area contributed by atoms with Crippen molar-refractivity contribution in [1.29, 1.82) is 0 Å². The third-order valence-corrected chi connectivity index (χ3v) is 4.65. The van der Waals surface area contributed by atoms with Crippen LogP contribution in [0.1, 0.15) is 31.6 Å². The molecule has 2 heterocycles. The van der Waals surface area contributed by atoms with E-state index < -0.39 is 0 Å². The Morgan fingerprint density at radius 1 is 1.27 bits per heavy atom. The van der Waals surface area contributed by atoms with Gasteiger partial charge in [-0.15, -0.1) is 12.4 Å². The Bertz CT molecular complexity index is 699. The van der Waals surface area contributed by atoms with Crippen molar-refractivity contribution in [3.63, 3.8) is 0 Å². The maximum atomic E-state index is 12.9. The van der Waals surface area contributed by atoms with E-state index in [1.807, 2.05) is 4.90 Å². The zero-order valence-corrected chi connectivity index (χ0v) is 15.4. The molecular formula is C18H24ClFN4O2. The molecule has 0 spiro atoms. The van der Waals surface area contributed by atoms with E-state index in [1.54, 1.807) is 12.1 Å². The summed E-state index contributed by atoms with van der Waals surface area (Å²) in [6, 6.07) is 5.94. The van der Waals surface area contributed by atoms with Crippen LogP contribution in [0.15, 0.2) is 28.8 Å². The second-order valence-corrected chi connectivity index (χ2v) is 6.43. The summed E-state index contributed by atoms with van der Waals surface area (Å²) in [7, 11) is 0. The van der Waals surface area contributed by atoms with Gasteiger partial charge in [0.2, 0.25) is 17.6 Å². The van der Waals surface area contributed by atoms with Crippen molar-refractivity contribution in [3.8, 4) is 11.4 Å². The van der Waals surface area contributed by atoms with Crippen LogP contribution < -0.4 is 5.73 Å². The third kappa shape index (κ3) is 5.25. The van der Waals surface area contributed by atoms with Crippen molar-refractivity contribution < 1.29 is 13.7 Å². The van der Waals surface area contributed by atoms with Gasteiger partial charge >= 0.3 is 0 Å². The zero-order valence-electron chi connectivity index (χ0n) is 14.6. The van der Waals surface area contributed by atoms with Gasteiger partial charge in [0.05, 0.1) is 0 Å². The van der Waals surface area contributed by atoms with Gasteiger partial charge in [0.1, 0.15) is 5.82 Å². The lowest BCUT2D eigenvalue weighted by atomic mass is 9.97. The summed E-state index contributed by atoms with van der Waals surface area (Å²) in [6.07, 6.45) is 3.68. The lowest BCUT2D eigenvalue weighted by Crippen LogP contribution is -2.39. The number of aromatic nitrogens is 2. The number of rotatable bonds is 6. The number of nitrogens with two attached hydrogens (primary N) is 1. The van der Waals surface area contributed by atoms with Crippen LogP contribution in [0.25, 0.3) is 11.4 Å². The van der Waals surface area contributed by atoms with Crippen molar-refractivity contribution >= 4 is 18.3 Å². The van der Waals surface area contributed by atoms with Gasteiger partial charge in [0, 0.05) is 31.5 Å². The first-order chi connectivity index (χ1) is 12.2. The molecule has 0 unspecified atom stereocenters. The number of nitrogens with zero attached hydrogens (tertiary/aromatic N) is 3. The number of carbonyl (C=O) groups is 1. The Morgan fingerprint density at radius 2 is 1.96 bits per heavy atom. The molecule has 0 bridgehead atoms. The highest BCUT2D eigenvalue weighted by atomic mass is 35.5. The SMILES string of the molecule is Cl.NCC1CCN(C(=O)CCCc2nc(-c3ccc(F)cc3)no2)CC1. The minimum atomic E-state index is -0.304. The topological polar surface area (TPSA) is 85.2 Å². The minimum Gasteiger partial charge on any atom is -0.343 e. The number of halogens is 2. The average Bonchev–Trinajstić information content (AvgIpc) is 3.11. The summed E-state index contributed by atoms with van der Waals surface area (Å²) < 4.78 is 18.2. The van der Waals surface area contributed by atoms with Gasteiger partial charge < -0.3 is 15.2 Å². The first kappa shape index (κ1) is 20.3. The number of carbonyl (C=O) groups excluding carboxylic acids is 1. The molecule has 0 atom stereocenters. The molecule has 2 aromatic rings. The van der Waals surface area contributed by atoms with Crippen molar-refractivity contribution in [1.82, 2.24) is 15.0 Å². The van der Waals surface area contributed by atoms with Gasteiger partial charge in [-0.3, -0.25) is 4.79 Å². The van der Waals surface area contributed by atoms with Crippen molar-refractivity contribution in [2.45, 2.75) is 32.1 Å². The molecule has 6 nitrogen and oxygen atoms in total. The zero-order chi connectivity index (χ0) is 17.6. The molecule has 0 aliphatic carbocycles. The molecular weight excluding hydrogens is 359 g/mol. The minimum absolute atomic E-state index is 0. The highest BCUT2D eigenvalue weighted by Gasteiger charge is 2.21. The van der Waals surface area contributed by atoms with Crippen LogP contribution in [0.4, 0.5) is 4.39 Å². The number of likely N-dealkylation sites (tertiary alicyclic amines) is 1. The first-order valence-electron chi connectivity index (χ1n) is 8.72. The fourth-order valence-electron chi connectivity index (χ4n) is 3.04. The normalized spacial score (nSPS) is 14.9. The van der Waals surface area contributed by atoms with E-state index in [2.05, 4.69) is 10.1 Å². The first-order valence-corrected chi connectivity index (χ1v) is 8.72. The van der Waals surface area contributed by atoms with Gasteiger partial charge in [-0.25, -0.2) is 4.39 Å². The number of piperidine rings is 1. The highest BCUT2D eigenvalue weighted by Crippen LogP contribution is 2.18. The molecule has 3 rings (SSSR count). The summed E-state index contributed by atoms with van der Waals surface area (Å²) in [5.74, 6) is 1.35. The Hall–Kier alpha value is -1.99. The summed E-state index contributed by atoms with van der Waals surface area (Å²) >= 11 is 0. The van der Waals surface area contributed by atoms with Crippen LogP contribution in [-0.2, 0) is 11.2 Å². The molecule has 1 amide bonds. The van der Waals surface area contributed by atoms with Crippen LogP contribution >= 0.6 is 12.4 Å². The van der Waals surface area contributed by atoms with Gasteiger partial charge in [-0.1, -0.05) is 5.16 Å². The van der Waals surface area contributed by atoms with Crippen LogP contribution in [0.5, 0.6) is 0 Å². The van der Waals surface area contributed by atoms with E-state index in [1.165, 1.54) is 12.1 Å². The molecule has 0 saturated carbocycles. The second-order valence-electron chi connectivity index (χ2n) is 6.43. The number of hydrogen-bond acceptors (Lipinski definition) is 5. The van der Waals surface area contributed by atoms with E-state index in [9.17, 15) is 9.18 Å². The molecule has 1 aliphatic rings. The largest absolute Gasteiger partial charge is 0.343 e. The Morgan fingerprint density at radius 3 is 2.62 bits per heavy atom. The molecule has 1 fully saturated rings. The molecule has 8 heteroatoms. The molecule has 0 radical (unpaired) electrons. The smallest absolute Gasteiger partial charge is 0.226 e. The van der Waals surface area contributed by atoms with E-state index >= 15 is 0 Å². The Balaban J connectivity index is 0.00000243. The fraction of sp³-hybridized carbons (Fsp3) is 0.500. The predicted molar refractivity (Wildman–Crippen MR) is 98.2 cm³/mol. The maximum absolute atomic E-state index is 12.9. The third-order valence-electron chi connectivity index (χ3n) is 4.65. The molecule has 1 aromatic carbocycles. The van der Waals surface area contributed by atoms with E-state index in [4.69, 9.17) is 10.3 Å². The predicted octanol–water partition coefficient (Wildman–Crippen LogP) is 2.82. The number of amides is 1. The van der Waals surface area contributed by atoms with Crippen LogP contribution in [0, 0.1) is 11.7 Å². The monoisotopic (exact) mass is 382 g/mol. The van der Waals surface area contributed by atoms with Crippen molar-refractivity contribution in [3.05, 3.63) is 36.0 Å². The molecule has 1 saturated heterocycles. The van der Waals surface area contributed by atoms with Gasteiger partial charge in [0.15, 0.2) is 0 Å². The summed E-state index contributed by atoms with van der Waals surface area (Å²) in [5, 5.41) is 3.91. The lowest BCUT2D eigenvalue weighted by molar-refractivity contribution is -0.132. The quantitative estimate of drug-likeness (QED) is 0.830. The second kappa shape index (κ2) is 9.64. The van der Waals surface area contributed by atoms with Crippen molar-refractivity contribution in [2.24, 2.45) is 11.7 Å². The number of hydrogen-bond donors (Lipinski definition) is 1. The standard InChI is InChI=1S/C18H23FN4O2.ClH/c19-15-6-4-14(5-7-15)18-21-16(25-22-18)2-1-3-17(24)23-10-8-13(12-20)9-11-23;/h4-7,13H,1-3,8-12,20H2;1H. The maximum Gasteiger partial charge on any atom is 0.226 e. The number of aryl methyl sites for hydroxylation is 1. The van der Waals surface area contributed by atoms with E-state index in [0.29, 0.717) is 49.0 Å². The Labute approximate surface area is 158 Å². The summed E-state index contributed by atoms with van der Waals surface area (Å²) in [5.41, 5.74) is 6.38. The summed E-state index contributed by atoms with van der Waals surface area (Å²) in [6.45, 7) is 2.31. The molecule has 1 aromatic heterocycles. The summed E-state index contributed by atoms with van der Waals surface area (Å²) in [4.78, 5) is 18.5.